The molecule has 1 aromatic carbocycles. The molecule has 1 aromatic rings. The number of aliphatic hydroxyl groups excluding tert-OH is 1. The van der Waals surface area contributed by atoms with E-state index in [2.05, 4.69) is 17.0 Å². The summed E-state index contributed by atoms with van der Waals surface area (Å²) in [4.78, 5) is 2.09. The first kappa shape index (κ1) is 22.0. The Bertz CT molecular complexity index is 357. The van der Waals surface area contributed by atoms with Crippen molar-refractivity contribution in [3.05, 3.63) is 29.8 Å². The zero-order valence-corrected chi connectivity index (χ0v) is 15.3. The van der Waals surface area contributed by atoms with Crippen molar-refractivity contribution in [2.75, 3.05) is 26.8 Å². The fourth-order valence-corrected chi connectivity index (χ4v) is 2.22. The van der Waals surface area contributed by atoms with Gasteiger partial charge in [-0.1, -0.05) is 58.0 Å². The Kier molecular flexibility index (Phi) is 15.2. The number of aliphatic hydroxyl groups is 1. The Morgan fingerprint density at radius 2 is 1.61 bits per heavy atom. The molecule has 0 saturated heterocycles. The van der Waals surface area contributed by atoms with E-state index in [4.69, 9.17) is 17.7 Å². The zero-order chi connectivity index (χ0) is 17.3. The van der Waals surface area contributed by atoms with Gasteiger partial charge in [-0.15, -0.1) is 0 Å². The summed E-state index contributed by atoms with van der Waals surface area (Å²) in [5.74, 6) is 0.936. The van der Waals surface area contributed by atoms with Crippen molar-refractivity contribution in [3.8, 4) is 5.75 Å². The second kappa shape index (κ2) is 15.9. The molecule has 0 aliphatic rings. The van der Waals surface area contributed by atoms with Gasteiger partial charge in [-0.3, -0.25) is 4.90 Å². The fourth-order valence-electron chi connectivity index (χ4n) is 2.22. The van der Waals surface area contributed by atoms with Crippen LogP contribution in [0.25, 0.3) is 0 Å². The molecule has 0 aromatic heterocycles. The number of hydrogen-bond acceptors (Lipinski definition) is 3. The van der Waals surface area contributed by atoms with Gasteiger partial charge in [0.25, 0.3) is 0 Å². The maximum atomic E-state index is 8.88. The summed E-state index contributed by atoms with van der Waals surface area (Å²) in [6.45, 7) is 6.53. The fraction of sp³-hybridized carbons (Fsp3) is 0.684. The van der Waals surface area contributed by atoms with E-state index in [0.717, 1.165) is 38.1 Å². The van der Waals surface area contributed by atoms with E-state index in [9.17, 15) is 0 Å². The Morgan fingerprint density at radius 3 is 2.22 bits per heavy atom. The van der Waals surface area contributed by atoms with Gasteiger partial charge < -0.3 is 9.84 Å². The largest absolute Gasteiger partial charge is 0.494 e. The lowest BCUT2D eigenvalue weighted by Crippen LogP contribution is -2.21. The number of rotatable bonds is 12. The van der Waals surface area contributed by atoms with Gasteiger partial charge in [0.1, 0.15) is 5.75 Å². The summed E-state index contributed by atoms with van der Waals surface area (Å²) in [7, 11) is 7.47. The number of likely N-dealkylation sites (N-methyl/N-ethyl adjacent to an activating group) is 1. The van der Waals surface area contributed by atoms with Gasteiger partial charge in [-0.2, -0.15) is 0 Å². The first-order valence-corrected chi connectivity index (χ1v) is 8.97. The zero-order valence-electron chi connectivity index (χ0n) is 15.3. The molecule has 0 saturated carbocycles. The van der Waals surface area contributed by atoms with E-state index in [1.807, 2.05) is 33.0 Å². The smallest absolute Gasteiger partial charge is 0.119 e. The van der Waals surface area contributed by atoms with Crippen LogP contribution in [0.15, 0.2) is 24.3 Å². The quantitative estimate of drug-likeness (QED) is 0.466. The summed E-state index contributed by atoms with van der Waals surface area (Å²) in [6, 6.07) is 8.22. The van der Waals surface area contributed by atoms with Crippen molar-refractivity contribution in [1.29, 1.82) is 0 Å². The predicted molar refractivity (Wildman–Crippen MR) is 100 cm³/mol. The molecule has 0 bridgehead atoms. The SMILES string of the molecule is CC.[B]CCCCCCCOc1ccc(CN(C)CCO)cc1. The highest BCUT2D eigenvalue weighted by molar-refractivity contribution is 6.08. The Hall–Kier alpha value is -0.995. The number of unbranched alkanes of at least 4 members (excludes halogenated alkanes) is 4. The highest BCUT2D eigenvalue weighted by Crippen LogP contribution is 2.14. The van der Waals surface area contributed by atoms with Crippen molar-refractivity contribution in [2.24, 2.45) is 0 Å². The van der Waals surface area contributed by atoms with Crippen LogP contribution in [0.1, 0.15) is 51.5 Å². The standard InChI is InChI=1S/C17H28BNO2.C2H6/c1-19(12-13-20)15-16-7-9-17(10-8-16)21-14-6-4-2-3-5-11-18;1-2/h7-10,20H,2-6,11-15H2,1H3;1-2H3. The van der Waals surface area contributed by atoms with Gasteiger partial charge in [-0.05, 0) is 31.2 Å². The van der Waals surface area contributed by atoms with Crippen molar-refractivity contribution < 1.29 is 9.84 Å². The Balaban J connectivity index is 0.00000232. The van der Waals surface area contributed by atoms with Crippen LogP contribution >= 0.6 is 0 Å². The van der Waals surface area contributed by atoms with E-state index in [1.165, 1.54) is 24.8 Å². The third kappa shape index (κ3) is 12.1. The molecule has 0 unspecified atom stereocenters. The molecule has 0 amide bonds. The van der Waals surface area contributed by atoms with Crippen LogP contribution in [0.2, 0.25) is 6.32 Å². The van der Waals surface area contributed by atoms with Crippen LogP contribution in [0.3, 0.4) is 0 Å². The van der Waals surface area contributed by atoms with Crippen LogP contribution < -0.4 is 4.74 Å². The first-order valence-electron chi connectivity index (χ1n) is 8.97. The lowest BCUT2D eigenvalue weighted by molar-refractivity contribution is 0.217. The third-order valence-electron chi connectivity index (χ3n) is 3.47. The van der Waals surface area contributed by atoms with E-state index in [-0.39, 0.29) is 6.61 Å². The summed E-state index contributed by atoms with van der Waals surface area (Å²) in [5.41, 5.74) is 1.24. The Labute approximate surface area is 144 Å². The maximum absolute atomic E-state index is 8.88. The minimum absolute atomic E-state index is 0.197. The highest BCUT2D eigenvalue weighted by atomic mass is 16.5. The number of nitrogens with zero attached hydrogens (tertiary/aromatic N) is 1. The predicted octanol–water partition coefficient (Wildman–Crippen LogP) is 4.05. The number of ether oxygens (including phenoxy) is 1. The molecule has 1 rings (SSSR count). The van der Waals surface area contributed by atoms with Crippen LogP contribution in [0.4, 0.5) is 0 Å². The Morgan fingerprint density at radius 1 is 1.00 bits per heavy atom. The van der Waals surface area contributed by atoms with Crippen LogP contribution in [-0.4, -0.2) is 44.7 Å². The van der Waals surface area contributed by atoms with Gasteiger partial charge >= 0.3 is 0 Å². The molecule has 0 heterocycles. The second-order valence-electron chi connectivity index (χ2n) is 5.51. The van der Waals surface area contributed by atoms with Crippen molar-refractivity contribution >= 4 is 7.85 Å². The summed E-state index contributed by atoms with van der Waals surface area (Å²) < 4.78 is 5.74. The third-order valence-corrected chi connectivity index (χ3v) is 3.47. The van der Waals surface area contributed by atoms with Crippen LogP contribution in [0, 0.1) is 0 Å². The molecule has 130 valence electrons. The minimum Gasteiger partial charge on any atom is -0.494 e. The molecule has 0 aliphatic heterocycles. The minimum atomic E-state index is 0.197. The van der Waals surface area contributed by atoms with Gasteiger partial charge in [0.15, 0.2) is 0 Å². The van der Waals surface area contributed by atoms with Crippen molar-refractivity contribution in [2.45, 2.75) is 58.8 Å². The molecule has 3 nitrogen and oxygen atoms in total. The summed E-state index contributed by atoms with van der Waals surface area (Å²) >= 11 is 0. The average molecular weight is 319 g/mol. The van der Waals surface area contributed by atoms with Gasteiger partial charge in [0.05, 0.1) is 21.1 Å². The highest BCUT2D eigenvalue weighted by Gasteiger charge is 2.00. The average Bonchev–Trinajstić information content (AvgIpc) is 2.57. The molecule has 2 radical (unpaired) electrons. The summed E-state index contributed by atoms with van der Waals surface area (Å²) in [5, 5.41) is 8.88. The molecular weight excluding hydrogens is 285 g/mol. The van der Waals surface area contributed by atoms with Crippen molar-refractivity contribution in [1.82, 2.24) is 4.90 Å². The lowest BCUT2D eigenvalue weighted by atomic mass is 9.99. The molecule has 1 N–H and O–H groups in total. The molecule has 0 atom stereocenters. The number of hydrogen-bond donors (Lipinski definition) is 1. The first-order chi connectivity index (χ1) is 11.3. The van der Waals surface area contributed by atoms with E-state index in [0.29, 0.717) is 6.54 Å². The van der Waals surface area contributed by atoms with E-state index >= 15 is 0 Å². The lowest BCUT2D eigenvalue weighted by Gasteiger charge is -2.15. The normalized spacial score (nSPS) is 10.3. The van der Waals surface area contributed by atoms with Crippen LogP contribution in [0.5, 0.6) is 5.75 Å². The molecule has 0 fully saturated rings. The molecular formula is C19H34BNO2. The van der Waals surface area contributed by atoms with Gasteiger partial charge in [-0.25, -0.2) is 0 Å². The van der Waals surface area contributed by atoms with E-state index in [1.54, 1.807) is 0 Å². The molecule has 0 spiro atoms. The number of benzene rings is 1. The molecule has 23 heavy (non-hydrogen) atoms. The summed E-state index contributed by atoms with van der Waals surface area (Å²) in [6.07, 6.45) is 6.72. The van der Waals surface area contributed by atoms with Crippen LogP contribution in [-0.2, 0) is 6.54 Å². The van der Waals surface area contributed by atoms with Gasteiger partial charge in [0, 0.05) is 13.1 Å². The van der Waals surface area contributed by atoms with Crippen molar-refractivity contribution in [3.63, 3.8) is 0 Å². The van der Waals surface area contributed by atoms with E-state index < -0.39 is 0 Å². The molecule has 4 heteroatoms. The maximum Gasteiger partial charge on any atom is 0.119 e. The second-order valence-corrected chi connectivity index (χ2v) is 5.51. The molecule has 0 aliphatic carbocycles. The monoisotopic (exact) mass is 319 g/mol. The van der Waals surface area contributed by atoms with Gasteiger partial charge in [0.2, 0.25) is 0 Å². The topological polar surface area (TPSA) is 32.7 Å².